The van der Waals surface area contributed by atoms with Crippen molar-refractivity contribution in [3.05, 3.63) is 64.3 Å². The minimum atomic E-state index is -0.686. The van der Waals surface area contributed by atoms with E-state index in [1.807, 2.05) is 0 Å². The summed E-state index contributed by atoms with van der Waals surface area (Å²) in [4.78, 5) is 17.4. The molecule has 1 heterocycles. The molecule has 0 aromatic heterocycles. The van der Waals surface area contributed by atoms with Gasteiger partial charge in [-0.05, 0) is 43.3 Å². The molecule has 0 unspecified atom stereocenters. The van der Waals surface area contributed by atoms with Crippen LogP contribution in [0.1, 0.15) is 12.5 Å². The van der Waals surface area contributed by atoms with Crippen LogP contribution in [0, 0.1) is 0 Å². The molecule has 0 atom stereocenters. The lowest BCUT2D eigenvalue weighted by Crippen LogP contribution is -2.12. The Labute approximate surface area is 178 Å². The number of phenols is 1. The van der Waals surface area contributed by atoms with Gasteiger partial charge >= 0.3 is 5.97 Å². The largest absolute Gasteiger partial charge is 0.507 e. The number of phenolic OH excluding ortho intramolecular Hbond substituents is 1. The highest BCUT2D eigenvalue weighted by molar-refractivity contribution is 8.18. The minimum absolute atomic E-state index is 0.00417. The van der Waals surface area contributed by atoms with Crippen molar-refractivity contribution in [3.8, 4) is 17.2 Å². The Kier molecular flexibility index (Phi) is 6.68. The van der Waals surface area contributed by atoms with Gasteiger partial charge in [0, 0.05) is 5.56 Å². The molecule has 0 saturated heterocycles. The van der Waals surface area contributed by atoms with Crippen molar-refractivity contribution in [1.82, 2.24) is 0 Å². The third-order valence-electron chi connectivity index (χ3n) is 4.20. The third kappa shape index (κ3) is 4.44. The number of nitrogens with zero attached hydrogens (tertiary/aromatic N) is 1. The predicted octanol–water partition coefficient (Wildman–Crippen LogP) is 4.60. The normalized spacial score (nSPS) is 16.2. The Morgan fingerprint density at radius 2 is 1.90 bits per heavy atom. The molecule has 0 saturated carbocycles. The highest BCUT2D eigenvalue weighted by atomic mass is 32.2. The number of esters is 1. The quantitative estimate of drug-likeness (QED) is 0.650. The van der Waals surface area contributed by atoms with Crippen LogP contribution in [0.5, 0.6) is 17.2 Å². The molecule has 0 amide bonds. The van der Waals surface area contributed by atoms with Crippen molar-refractivity contribution in [2.24, 2.45) is 4.99 Å². The van der Waals surface area contributed by atoms with Crippen molar-refractivity contribution in [2.45, 2.75) is 6.92 Å². The zero-order valence-corrected chi connectivity index (χ0v) is 17.5. The van der Waals surface area contributed by atoms with E-state index in [9.17, 15) is 15.0 Å². The van der Waals surface area contributed by atoms with Gasteiger partial charge in [-0.1, -0.05) is 23.9 Å². The van der Waals surface area contributed by atoms with Gasteiger partial charge in [0.1, 0.15) is 39.3 Å². The molecule has 30 heavy (non-hydrogen) atoms. The summed E-state index contributed by atoms with van der Waals surface area (Å²) in [5.74, 6) is 0.115. The zero-order valence-electron chi connectivity index (χ0n) is 16.7. The average molecular weight is 427 g/mol. The number of para-hydroxylation sites is 2. The van der Waals surface area contributed by atoms with E-state index in [2.05, 4.69) is 4.99 Å². The summed E-state index contributed by atoms with van der Waals surface area (Å²) in [6, 6.07) is 11.8. The summed E-state index contributed by atoms with van der Waals surface area (Å²) in [5.41, 5.74) is 0.883. The number of thioether (sulfide) groups is 1. The number of aliphatic hydroxyl groups excluding tert-OH is 1. The second-order valence-electron chi connectivity index (χ2n) is 6.07. The number of benzene rings is 2. The van der Waals surface area contributed by atoms with E-state index in [1.54, 1.807) is 49.4 Å². The first-order valence-electron chi connectivity index (χ1n) is 9.07. The Bertz CT molecular complexity index is 1060. The zero-order chi connectivity index (χ0) is 21.7. The lowest BCUT2D eigenvalue weighted by molar-refractivity contribution is -0.138. The van der Waals surface area contributed by atoms with Gasteiger partial charge in [-0.2, -0.15) is 0 Å². The van der Waals surface area contributed by atoms with Crippen molar-refractivity contribution in [3.63, 3.8) is 0 Å². The second-order valence-corrected chi connectivity index (χ2v) is 7.10. The molecule has 0 radical (unpaired) electrons. The number of aromatic hydroxyl groups is 1. The molecule has 0 fully saturated rings. The lowest BCUT2D eigenvalue weighted by Gasteiger charge is -2.06. The fourth-order valence-corrected chi connectivity index (χ4v) is 3.76. The molecule has 2 N–H and O–H groups in total. The maximum Gasteiger partial charge on any atom is 0.344 e. The van der Waals surface area contributed by atoms with Crippen molar-refractivity contribution >= 4 is 34.5 Å². The molecule has 2 aromatic carbocycles. The molecule has 0 spiro atoms. The van der Waals surface area contributed by atoms with E-state index in [0.29, 0.717) is 27.7 Å². The molecule has 7 nitrogen and oxygen atoms in total. The maximum absolute atomic E-state index is 12.5. The molecule has 2 aromatic rings. The molecule has 156 valence electrons. The van der Waals surface area contributed by atoms with E-state index in [0.717, 1.165) is 11.8 Å². The van der Waals surface area contributed by atoms with E-state index in [1.165, 1.54) is 20.3 Å². The van der Waals surface area contributed by atoms with Crippen LogP contribution in [0.25, 0.3) is 6.08 Å². The number of carbonyl (C=O) groups is 1. The van der Waals surface area contributed by atoms with Gasteiger partial charge in [0.15, 0.2) is 0 Å². The van der Waals surface area contributed by atoms with Crippen LogP contribution in [-0.4, -0.2) is 42.1 Å². The highest BCUT2D eigenvalue weighted by Gasteiger charge is 2.33. The number of rotatable bonds is 6. The fourth-order valence-electron chi connectivity index (χ4n) is 2.74. The van der Waals surface area contributed by atoms with Crippen LogP contribution >= 0.6 is 11.8 Å². The van der Waals surface area contributed by atoms with Crippen LogP contribution in [0.3, 0.4) is 0 Å². The van der Waals surface area contributed by atoms with Crippen LogP contribution in [0.4, 0.5) is 5.69 Å². The molecule has 0 bridgehead atoms. The predicted molar refractivity (Wildman–Crippen MR) is 117 cm³/mol. The van der Waals surface area contributed by atoms with Crippen molar-refractivity contribution in [1.29, 1.82) is 0 Å². The van der Waals surface area contributed by atoms with Gasteiger partial charge in [0.2, 0.25) is 0 Å². The summed E-state index contributed by atoms with van der Waals surface area (Å²) in [7, 11) is 3.04. The summed E-state index contributed by atoms with van der Waals surface area (Å²) >= 11 is 1.09. The number of aliphatic imine (C=N–C) groups is 1. The topological polar surface area (TPSA) is 97.6 Å². The number of methoxy groups -OCH3 is 2. The van der Waals surface area contributed by atoms with Gasteiger partial charge in [-0.25, -0.2) is 9.79 Å². The third-order valence-corrected chi connectivity index (χ3v) is 5.22. The number of aliphatic hydroxyl groups is 1. The van der Waals surface area contributed by atoms with Crippen LogP contribution in [0.15, 0.2) is 63.7 Å². The molecule has 0 aliphatic carbocycles. The summed E-state index contributed by atoms with van der Waals surface area (Å²) in [6.07, 6.45) is 1.56. The maximum atomic E-state index is 12.5. The van der Waals surface area contributed by atoms with Crippen molar-refractivity contribution < 1.29 is 29.2 Å². The van der Waals surface area contributed by atoms with E-state index >= 15 is 0 Å². The van der Waals surface area contributed by atoms with Gasteiger partial charge in [-0.3, -0.25) is 0 Å². The fraction of sp³-hybridized carbons (Fsp3) is 0.182. The van der Waals surface area contributed by atoms with E-state index < -0.39 is 5.97 Å². The second kappa shape index (κ2) is 9.41. The Hall–Kier alpha value is -3.39. The number of carbonyl (C=O) groups excluding carboxylic acids is 1. The summed E-state index contributed by atoms with van der Waals surface area (Å²) in [5, 5.41) is 21.2. The number of ether oxygens (including phenoxy) is 3. The summed E-state index contributed by atoms with van der Waals surface area (Å²) in [6.45, 7) is 1.83. The molecule has 1 aliphatic heterocycles. The number of hydrogen-bond acceptors (Lipinski definition) is 8. The smallest absolute Gasteiger partial charge is 0.344 e. The molecule has 3 rings (SSSR count). The molecular weight excluding hydrogens is 406 g/mol. The first-order valence-corrected chi connectivity index (χ1v) is 9.89. The van der Waals surface area contributed by atoms with Crippen LogP contribution in [0.2, 0.25) is 0 Å². The SMILES string of the molecule is CCOC(=O)C1=C(O)C(=Cc2cc(OC)ccc2O)SC1=Nc1ccccc1OC. The first kappa shape index (κ1) is 21.3. The highest BCUT2D eigenvalue weighted by Crippen LogP contribution is 2.42. The van der Waals surface area contributed by atoms with Crippen molar-refractivity contribution in [2.75, 3.05) is 20.8 Å². The molecule has 1 aliphatic rings. The van der Waals surface area contributed by atoms with Gasteiger partial charge in [0.25, 0.3) is 0 Å². The standard InChI is InChI=1S/C22H21NO6S/c1-4-29-22(26)19-20(25)18(12-13-11-14(27-2)9-10-16(13)24)30-21(19)23-15-7-5-6-8-17(15)28-3/h5-12,24-25H,4H2,1-3H3. The summed E-state index contributed by atoms with van der Waals surface area (Å²) < 4.78 is 15.6. The van der Waals surface area contributed by atoms with Gasteiger partial charge < -0.3 is 24.4 Å². The van der Waals surface area contributed by atoms with E-state index in [-0.39, 0.29) is 28.7 Å². The molecule has 8 heteroatoms. The van der Waals surface area contributed by atoms with Gasteiger partial charge in [-0.15, -0.1) is 0 Å². The number of hydrogen-bond donors (Lipinski definition) is 2. The Balaban J connectivity index is 2.10. The lowest BCUT2D eigenvalue weighted by atomic mass is 10.1. The van der Waals surface area contributed by atoms with E-state index in [4.69, 9.17) is 14.2 Å². The monoisotopic (exact) mass is 427 g/mol. The first-order chi connectivity index (χ1) is 14.5. The molecular formula is C22H21NO6S. The Morgan fingerprint density at radius 3 is 2.60 bits per heavy atom. The Morgan fingerprint density at radius 1 is 1.13 bits per heavy atom. The van der Waals surface area contributed by atoms with Gasteiger partial charge in [0.05, 0.1) is 25.7 Å². The average Bonchev–Trinajstić information content (AvgIpc) is 3.05. The minimum Gasteiger partial charge on any atom is -0.507 e. The van der Waals surface area contributed by atoms with Crippen LogP contribution < -0.4 is 9.47 Å². The van der Waals surface area contributed by atoms with Crippen LogP contribution in [-0.2, 0) is 9.53 Å².